The average molecular weight is 226 g/mol. The van der Waals surface area contributed by atoms with Crippen molar-refractivity contribution in [3.8, 4) is 0 Å². The van der Waals surface area contributed by atoms with Gasteiger partial charge in [0.1, 0.15) is 0 Å². The Morgan fingerprint density at radius 1 is 1.18 bits per heavy atom. The Kier molecular flexibility index (Phi) is 3.50. The van der Waals surface area contributed by atoms with Crippen molar-refractivity contribution < 1.29 is 4.79 Å². The smallest absolute Gasteiger partial charge is 0.183 e. The average Bonchev–Trinajstić information content (AvgIpc) is 2.38. The number of hydrogen-bond donors (Lipinski definition) is 1. The first kappa shape index (κ1) is 11.3. The van der Waals surface area contributed by atoms with Crippen molar-refractivity contribution in [2.45, 2.75) is 6.92 Å². The van der Waals surface area contributed by atoms with Crippen LogP contribution in [0.15, 0.2) is 48.7 Å². The van der Waals surface area contributed by atoms with Crippen LogP contribution in [0.2, 0.25) is 0 Å². The second-order valence-corrected chi connectivity index (χ2v) is 3.83. The highest BCUT2D eigenvalue weighted by Gasteiger charge is 2.05. The van der Waals surface area contributed by atoms with Crippen molar-refractivity contribution in [2.75, 3.05) is 11.9 Å². The lowest BCUT2D eigenvalue weighted by atomic mass is 10.2. The molecule has 0 radical (unpaired) electrons. The maximum absolute atomic E-state index is 11.8. The number of rotatable bonds is 4. The standard InChI is InChI=1S/C14H14N2O/c1-11-7-8-12(9-15-11)14(17)10-16-13-5-3-2-4-6-13/h2-9,16H,10H2,1H3. The summed E-state index contributed by atoms with van der Waals surface area (Å²) in [5.74, 6) is 0.0429. The van der Waals surface area contributed by atoms with Gasteiger partial charge in [-0.2, -0.15) is 0 Å². The molecule has 0 fully saturated rings. The van der Waals surface area contributed by atoms with E-state index in [2.05, 4.69) is 10.3 Å². The van der Waals surface area contributed by atoms with Crippen LogP contribution in [0.1, 0.15) is 16.1 Å². The highest BCUT2D eigenvalue weighted by atomic mass is 16.1. The van der Waals surface area contributed by atoms with Gasteiger partial charge in [0.2, 0.25) is 0 Å². The van der Waals surface area contributed by atoms with E-state index in [-0.39, 0.29) is 12.3 Å². The minimum Gasteiger partial charge on any atom is -0.378 e. The fourth-order valence-electron chi connectivity index (χ4n) is 1.47. The number of carbonyl (C=O) groups is 1. The van der Waals surface area contributed by atoms with E-state index < -0.39 is 0 Å². The van der Waals surface area contributed by atoms with Gasteiger partial charge in [-0.25, -0.2) is 0 Å². The van der Waals surface area contributed by atoms with Crippen molar-refractivity contribution in [3.05, 3.63) is 59.9 Å². The molecule has 0 bridgehead atoms. The van der Waals surface area contributed by atoms with Crippen molar-refractivity contribution >= 4 is 11.5 Å². The molecule has 0 aliphatic rings. The molecular weight excluding hydrogens is 212 g/mol. The van der Waals surface area contributed by atoms with E-state index in [9.17, 15) is 4.79 Å². The van der Waals surface area contributed by atoms with E-state index in [4.69, 9.17) is 0 Å². The number of carbonyl (C=O) groups excluding carboxylic acids is 1. The van der Waals surface area contributed by atoms with Gasteiger partial charge in [-0.05, 0) is 31.2 Å². The van der Waals surface area contributed by atoms with Gasteiger partial charge in [-0.1, -0.05) is 18.2 Å². The number of hydrogen-bond acceptors (Lipinski definition) is 3. The van der Waals surface area contributed by atoms with E-state index in [0.717, 1.165) is 11.4 Å². The lowest BCUT2D eigenvalue weighted by Gasteiger charge is -2.05. The van der Waals surface area contributed by atoms with Crippen LogP contribution in [0.5, 0.6) is 0 Å². The second kappa shape index (κ2) is 5.25. The molecule has 1 aromatic heterocycles. The predicted octanol–water partition coefficient (Wildman–Crippen LogP) is 2.68. The lowest BCUT2D eigenvalue weighted by molar-refractivity contribution is 0.101. The van der Waals surface area contributed by atoms with Crippen LogP contribution >= 0.6 is 0 Å². The van der Waals surface area contributed by atoms with Crippen LogP contribution < -0.4 is 5.32 Å². The summed E-state index contributed by atoms with van der Waals surface area (Å²) in [6.45, 7) is 2.19. The van der Waals surface area contributed by atoms with Crippen molar-refractivity contribution in [2.24, 2.45) is 0 Å². The van der Waals surface area contributed by atoms with Crippen molar-refractivity contribution in [1.29, 1.82) is 0 Å². The minimum absolute atomic E-state index is 0.0429. The fourth-order valence-corrected chi connectivity index (χ4v) is 1.47. The number of ketones is 1. The quantitative estimate of drug-likeness (QED) is 0.815. The van der Waals surface area contributed by atoms with Gasteiger partial charge in [0.25, 0.3) is 0 Å². The number of aromatic nitrogens is 1. The summed E-state index contributed by atoms with van der Waals surface area (Å²) in [5, 5.41) is 3.08. The molecule has 0 amide bonds. The predicted molar refractivity (Wildman–Crippen MR) is 68.2 cm³/mol. The molecule has 2 rings (SSSR count). The molecule has 0 aliphatic heterocycles. The Hall–Kier alpha value is -2.16. The van der Waals surface area contributed by atoms with Crippen molar-refractivity contribution in [1.82, 2.24) is 4.98 Å². The number of anilines is 1. The summed E-state index contributed by atoms with van der Waals surface area (Å²) >= 11 is 0. The molecule has 0 saturated carbocycles. The Morgan fingerprint density at radius 3 is 2.59 bits per heavy atom. The topological polar surface area (TPSA) is 42.0 Å². The molecular formula is C14H14N2O. The maximum Gasteiger partial charge on any atom is 0.183 e. The van der Waals surface area contributed by atoms with E-state index in [1.165, 1.54) is 0 Å². The first-order chi connectivity index (χ1) is 8.25. The molecule has 0 aliphatic carbocycles. The van der Waals surface area contributed by atoms with E-state index in [0.29, 0.717) is 5.56 Å². The summed E-state index contributed by atoms with van der Waals surface area (Å²) in [6.07, 6.45) is 1.62. The molecule has 2 aromatic rings. The molecule has 1 heterocycles. The Balaban J connectivity index is 1.96. The number of nitrogens with zero attached hydrogens (tertiary/aromatic N) is 1. The highest BCUT2D eigenvalue weighted by Crippen LogP contribution is 2.06. The third kappa shape index (κ3) is 3.14. The van der Waals surface area contributed by atoms with E-state index in [1.807, 2.05) is 43.3 Å². The van der Waals surface area contributed by atoms with Gasteiger partial charge < -0.3 is 5.32 Å². The van der Waals surface area contributed by atoms with Crippen LogP contribution in [0.25, 0.3) is 0 Å². The van der Waals surface area contributed by atoms with Crippen LogP contribution in [0, 0.1) is 6.92 Å². The number of pyridine rings is 1. The molecule has 17 heavy (non-hydrogen) atoms. The molecule has 0 unspecified atom stereocenters. The largest absolute Gasteiger partial charge is 0.378 e. The molecule has 1 N–H and O–H groups in total. The highest BCUT2D eigenvalue weighted by molar-refractivity contribution is 5.98. The Morgan fingerprint density at radius 2 is 1.94 bits per heavy atom. The Labute approximate surface area is 101 Å². The van der Waals surface area contributed by atoms with Gasteiger partial charge in [-0.15, -0.1) is 0 Å². The molecule has 0 atom stereocenters. The maximum atomic E-state index is 11.8. The summed E-state index contributed by atoms with van der Waals surface area (Å²) in [6, 6.07) is 13.3. The molecule has 86 valence electrons. The number of Topliss-reactive ketones (excluding diaryl/α,β-unsaturated/α-hetero) is 1. The molecule has 1 aromatic carbocycles. The van der Waals surface area contributed by atoms with E-state index in [1.54, 1.807) is 12.3 Å². The zero-order valence-corrected chi connectivity index (χ0v) is 9.68. The number of aryl methyl sites for hydroxylation is 1. The number of nitrogens with one attached hydrogen (secondary N) is 1. The van der Waals surface area contributed by atoms with Gasteiger partial charge >= 0.3 is 0 Å². The summed E-state index contributed by atoms with van der Waals surface area (Å²) in [5.41, 5.74) is 2.50. The Bertz CT molecular complexity index is 491. The zero-order valence-electron chi connectivity index (χ0n) is 9.68. The van der Waals surface area contributed by atoms with Gasteiger partial charge in [0.15, 0.2) is 5.78 Å². The van der Waals surface area contributed by atoms with Gasteiger partial charge in [0, 0.05) is 23.1 Å². The lowest BCUT2D eigenvalue weighted by Crippen LogP contribution is -2.14. The summed E-state index contributed by atoms with van der Waals surface area (Å²) < 4.78 is 0. The second-order valence-electron chi connectivity index (χ2n) is 3.83. The normalized spacial score (nSPS) is 9.94. The van der Waals surface area contributed by atoms with Crippen molar-refractivity contribution in [3.63, 3.8) is 0 Å². The van der Waals surface area contributed by atoms with Crippen LogP contribution in [-0.2, 0) is 0 Å². The van der Waals surface area contributed by atoms with Crippen LogP contribution in [0.3, 0.4) is 0 Å². The van der Waals surface area contributed by atoms with Crippen LogP contribution in [0.4, 0.5) is 5.69 Å². The number of benzene rings is 1. The molecule has 0 saturated heterocycles. The van der Waals surface area contributed by atoms with E-state index >= 15 is 0 Å². The third-order valence-corrected chi connectivity index (χ3v) is 2.46. The van der Waals surface area contributed by atoms with Gasteiger partial charge in [-0.3, -0.25) is 9.78 Å². The fraction of sp³-hybridized carbons (Fsp3) is 0.143. The monoisotopic (exact) mass is 226 g/mol. The first-order valence-corrected chi connectivity index (χ1v) is 5.50. The van der Waals surface area contributed by atoms with Gasteiger partial charge in [0.05, 0.1) is 6.54 Å². The SMILES string of the molecule is Cc1ccc(C(=O)CNc2ccccc2)cn1. The summed E-state index contributed by atoms with van der Waals surface area (Å²) in [7, 11) is 0. The molecule has 3 heteroatoms. The molecule has 0 spiro atoms. The first-order valence-electron chi connectivity index (χ1n) is 5.50. The molecule has 3 nitrogen and oxygen atoms in total. The van der Waals surface area contributed by atoms with Crippen LogP contribution in [-0.4, -0.2) is 17.3 Å². The zero-order chi connectivity index (χ0) is 12.1. The minimum atomic E-state index is 0.0429. The summed E-state index contributed by atoms with van der Waals surface area (Å²) in [4.78, 5) is 15.9. The third-order valence-electron chi connectivity index (χ3n) is 2.46. The number of para-hydroxylation sites is 1.